The first-order valence-corrected chi connectivity index (χ1v) is 10.8. The van der Waals surface area contributed by atoms with Gasteiger partial charge < -0.3 is 10.1 Å². The summed E-state index contributed by atoms with van der Waals surface area (Å²) in [5, 5.41) is 15.2. The highest BCUT2D eigenvalue weighted by atomic mass is 32.2. The van der Waals surface area contributed by atoms with Gasteiger partial charge in [-0.2, -0.15) is 0 Å². The Balaban J connectivity index is 1.46. The first-order chi connectivity index (χ1) is 14.2. The Labute approximate surface area is 180 Å². The zero-order valence-electron chi connectivity index (χ0n) is 15.1. The van der Waals surface area contributed by atoms with Gasteiger partial charge in [0, 0.05) is 5.69 Å². The molecule has 0 aliphatic heterocycles. The molecule has 7 nitrogen and oxygen atoms in total. The first-order valence-electron chi connectivity index (χ1n) is 8.16. The van der Waals surface area contributed by atoms with Crippen LogP contribution in [0.2, 0.25) is 0 Å². The van der Waals surface area contributed by atoms with Crippen LogP contribution in [0.25, 0.3) is 0 Å². The van der Waals surface area contributed by atoms with Crippen molar-refractivity contribution in [2.45, 2.75) is 17.6 Å². The summed E-state index contributed by atoms with van der Waals surface area (Å²) in [4.78, 5) is 24.7. The van der Waals surface area contributed by atoms with Crippen molar-refractivity contribution in [3.05, 3.63) is 46.2 Å². The third-order valence-corrected chi connectivity index (χ3v) is 6.30. The molecule has 2 heterocycles. The van der Waals surface area contributed by atoms with Gasteiger partial charge in [0.25, 0.3) is 5.91 Å². The number of thioether (sulfide) groups is 1. The van der Waals surface area contributed by atoms with Crippen LogP contribution in [0.4, 0.5) is 24.0 Å². The minimum absolute atomic E-state index is 0.00744. The second-order valence-electron chi connectivity index (χ2n) is 5.72. The maximum Gasteiger partial charge on any atom is 0.573 e. The average molecular weight is 475 g/mol. The minimum atomic E-state index is -4.77. The Morgan fingerprint density at radius 1 is 1.17 bits per heavy atom. The van der Waals surface area contributed by atoms with Gasteiger partial charge in [-0.15, -0.1) is 34.7 Å². The van der Waals surface area contributed by atoms with E-state index in [0.29, 0.717) is 20.0 Å². The predicted molar refractivity (Wildman–Crippen MR) is 109 cm³/mol. The molecule has 158 valence electrons. The summed E-state index contributed by atoms with van der Waals surface area (Å²) >= 11 is 3.57. The van der Waals surface area contributed by atoms with Crippen molar-refractivity contribution < 1.29 is 27.5 Å². The largest absolute Gasteiger partial charge is 0.573 e. The number of halogens is 3. The van der Waals surface area contributed by atoms with Gasteiger partial charge in [0.2, 0.25) is 11.0 Å². The van der Waals surface area contributed by atoms with E-state index >= 15 is 0 Å². The summed E-state index contributed by atoms with van der Waals surface area (Å²) in [7, 11) is 0. The molecule has 2 N–H and O–H groups in total. The van der Waals surface area contributed by atoms with Gasteiger partial charge in [0.1, 0.15) is 5.75 Å². The minimum Gasteiger partial charge on any atom is -0.406 e. The molecule has 30 heavy (non-hydrogen) atoms. The highest BCUT2D eigenvalue weighted by molar-refractivity contribution is 8.01. The molecule has 0 unspecified atom stereocenters. The van der Waals surface area contributed by atoms with Gasteiger partial charge in [0.05, 0.1) is 10.6 Å². The molecule has 3 aromatic rings. The molecule has 0 aliphatic carbocycles. The molecular formula is C17H13F3N4O3S3. The van der Waals surface area contributed by atoms with Crippen molar-refractivity contribution >= 4 is 57.1 Å². The molecule has 2 aromatic heterocycles. The summed E-state index contributed by atoms with van der Waals surface area (Å²) in [6.07, 6.45) is -4.77. The highest BCUT2D eigenvalue weighted by Crippen LogP contribution is 2.27. The Morgan fingerprint density at radius 2 is 1.90 bits per heavy atom. The van der Waals surface area contributed by atoms with Gasteiger partial charge in [-0.3, -0.25) is 14.9 Å². The summed E-state index contributed by atoms with van der Waals surface area (Å²) in [6.45, 7) is 1.89. The van der Waals surface area contributed by atoms with E-state index in [-0.39, 0.29) is 23.3 Å². The topological polar surface area (TPSA) is 93.2 Å². The van der Waals surface area contributed by atoms with E-state index in [4.69, 9.17) is 0 Å². The number of amides is 2. The fourth-order valence-electron chi connectivity index (χ4n) is 2.09. The lowest BCUT2D eigenvalue weighted by Gasteiger charge is -2.09. The van der Waals surface area contributed by atoms with Gasteiger partial charge in [-0.25, -0.2) is 0 Å². The Morgan fingerprint density at radius 3 is 2.53 bits per heavy atom. The quantitative estimate of drug-likeness (QED) is 0.378. The highest BCUT2D eigenvalue weighted by Gasteiger charge is 2.30. The van der Waals surface area contributed by atoms with E-state index in [1.165, 1.54) is 23.5 Å². The molecule has 0 radical (unpaired) electrons. The van der Waals surface area contributed by atoms with E-state index < -0.39 is 6.36 Å². The molecule has 2 amide bonds. The lowest BCUT2D eigenvalue weighted by molar-refractivity contribution is -0.274. The number of ether oxygens (including phenoxy) is 1. The monoisotopic (exact) mass is 474 g/mol. The van der Waals surface area contributed by atoms with Crippen LogP contribution in [-0.4, -0.2) is 34.1 Å². The third kappa shape index (κ3) is 6.71. The number of carbonyl (C=O) groups is 2. The number of nitrogens with one attached hydrogen (secondary N) is 2. The number of aromatic nitrogens is 2. The molecule has 3 rings (SSSR count). The Kier molecular flexibility index (Phi) is 6.95. The molecular weight excluding hydrogens is 461 g/mol. The maximum absolute atomic E-state index is 12.1. The number of benzene rings is 1. The fraction of sp³-hybridized carbons (Fsp3) is 0.176. The van der Waals surface area contributed by atoms with E-state index in [1.54, 1.807) is 6.07 Å². The van der Waals surface area contributed by atoms with E-state index in [1.807, 2.05) is 12.3 Å². The van der Waals surface area contributed by atoms with Crippen LogP contribution in [0.15, 0.2) is 40.1 Å². The van der Waals surface area contributed by atoms with Crippen molar-refractivity contribution in [2.75, 3.05) is 16.4 Å². The molecule has 0 aliphatic rings. The number of rotatable bonds is 7. The third-order valence-electron chi connectivity index (χ3n) is 3.28. The number of thiophene rings is 1. The van der Waals surface area contributed by atoms with Gasteiger partial charge in [0.15, 0.2) is 4.34 Å². The number of hydrogen-bond acceptors (Lipinski definition) is 8. The second-order valence-corrected chi connectivity index (χ2v) is 8.84. The van der Waals surface area contributed by atoms with Crippen molar-refractivity contribution in [3.63, 3.8) is 0 Å². The summed E-state index contributed by atoms with van der Waals surface area (Å²) < 4.78 is 40.7. The second kappa shape index (κ2) is 9.45. The van der Waals surface area contributed by atoms with Crippen LogP contribution in [0.1, 0.15) is 15.2 Å². The number of anilines is 2. The zero-order valence-corrected chi connectivity index (χ0v) is 17.6. The lowest BCUT2D eigenvalue weighted by atomic mass is 10.3. The molecule has 13 heteroatoms. The van der Waals surface area contributed by atoms with Crippen molar-refractivity contribution in [2.24, 2.45) is 0 Å². The molecule has 0 fully saturated rings. The Hall–Kier alpha value is -2.64. The molecule has 0 atom stereocenters. The van der Waals surface area contributed by atoms with Crippen LogP contribution in [0.5, 0.6) is 5.75 Å². The van der Waals surface area contributed by atoms with Crippen molar-refractivity contribution in [3.8, 4) is 5.75 Å². The lowest BCUT2D eigenvalue weighted by Crippen LogP contribution is -2.17. The average Bonchev–Trinajstić information content (AvgIpc) is 3.29. The van der Waals surface area contributed by atoms with Crippen LogP contribution >= 0.6 is 34.4 Å². The van der Waals surface area contributed by atoms with Crippen LogP contribution < -0.4 is 15.4 Å². The van der Waals surface area contributed by atoms with Gasteiger partial charge in [-0.1, -0.05) is 23.1 Å². The van der Waals surface area contributed by atoms with Crippen LogP contribution in [0.3, 0.4) is 0 Å². The summed E-state index contributed by atoms with van der Waals surface area (Å²) in [5.74, 6) is -1.03. The number of alkyl halides is 3. The van der Waals surface area contributed by atoms with Crippen LogP contribution in [0, 0.1) is 6.92 Å². The van der Waals surface area contributed by atoms with E-state index in [2.05, 4.69) is 25.6 Å². The van der Waals surface area contributed by atoms with Crippen LogP contribution in [-0.2, 0) is 4.79 Å². The number of carbonyl (C=O) groups excluding carboxylic acids is 2. The SMILES string of the molecule is Cc1csc(C(=O)Nc2nnc(SCC(=O)Nc3ccc(OC(F)(F)F)cc3)s2)c1. The van der Waals surface area contributed by atoms with Gasteiger partial charge in [-0.05, 0) is 48.2 Å². The fourth-order valence-corrected chi connectivity index (χ4v) is 4.43. The standard InChI is InChI=1S/C17H13F3N4O3S3/c1-9-6-12(28-7-9)14(26)22-15-23-24-16(30-15)29-8-13(25)21-10-2-4-11(5-3-10)27-17(18,19)20/h2-7H,8H2,1H3,(H,21,25)(H,22,23,26). The molecule has 0 saturated heterocycles. The Bertz CT molecular complexity index is 1030. The summed E-state index contributed by atoms with van der Waals surface area (Å²) in [6, 6.07) is 6.57. The number of nitrogens with zero attached hydrogens (tertiary/aromatic N) is 2. The van der Waals surface area contributed by atoms with Crippen molar-refractivity contribution in [1.82, 2.24) is 10.2 Å². The molecule has 0 bridgehead atoms. The predicted octanol–water partition coefficient (Wildman–Crippen LogP) is 4.79. The zero-order chi connectivity index (χ0) is 21.7. The summed E-state index contributed by atoms with van der Waals surface area (Å²) in [5.41, 5.74) is 1.32. The molecule has 0 spiro atoms. The molecule has 1 aromatic carbocycles. The number of hydrogen-bond donors (Lipinski definition) is 2. The maximum atomic E-state index is 12.1. The first kappa shape index (κ1) is 22.1. The van der Waals surface area contributed by atoms with E-state index in [9.17, 15) is 22.8 Å². The smallest absolute Gasteiger partial charge is 0.406 e. The van der Waals surface area contributed by atoms with Crippen molar-refractivity contribution in [1.29, 1.82) is 0 Å². The normalized spacial score (nSPS) is 11.2. The van der Waals surface area contributed by atoms with E-state index in [0.717, 1.165) is 40.8 Å². The van der Waals surface area contributed by atoms with Gasteiger partial charge >= 0.3 is 6.36 Å². The molecule has 0 saturated carbocycles. The number of aryl methyl sites for hydroxylation is 1.